The van der Waals surface area contributed by atoms with Crippen LogP contribution < -0.4 is 0 Å². The molecule has 5 heteroatoms. The summed E-state index contributed by atoms with van der Waals surface area (Å²) < 4.78 is 24.7. The minimum atomic E-state index is -2.72. The van der Waals surface area contributed by atoms with Crippen molar-refractivity contribution in [3.63, 3.8) is 0 Å². The quantitative estimate of drug-likeness (QED) is 0.762. The molecule has 71 valence electrons. The van der Waals surface area contributed by atoms with Gasteiger partial charge in [0, 0.05) is 11.8 Å². The van der Waals surface area contributed by atoms with Crippen molar-refractivity contribution in [2.75, 3.05) is 0 Å². The number of nitrogens with zero attached hydrogens (tertiary/aromatic N) is 2. The average molecular weight is 187 g/mol. The van der Waals surface area contributed by atoms with Crippen LogP contribution in [-0.2, 0) is 5.60 Å². The standard InChI is InChI=1S/C8H9F2N2O/c1-8(2,13)5-3-11-4-12-6(5)7(9)10/h3,7,13H,1-2H3. The number of aromatic nitrogens is 2. The first-order valence-electron chi connectivity index (χ1n) is 3.67. The maximum absolute atomic E-state index is 12.3. The Morgan fingerprint density at radius 2 is 2.15 bits per heavy atom. The van der Waals surface area contributed by atoms with Crippen molar-refractivity contribution in [2.45, 2.75) is 25.9 Å². The third-order valence-corrected chi connectivity index (χ3v) is 1.56. The molecule has 1 rings (SSSR count). The Morgan fingerprint density at radius 3 is 2.54 bits per heavy atom. The van der Waals surface area contributed by atoms with E-state index >= 15 is 0 Å². The number of hydrogen-bond acceptors (Lipinski definition) is 3. The van der Waals surface area contributed by atoms with Crippen LogP contribution in [0.3, 0.4) is 0 Å². The molecule has 0 spiro atoms. The molecule has 0 aliphatic carbocycles. The van der Waals surface area contributed by atoms with E-state index in [-0.39, 0.29) is 5.56 Å². The lowest BCUT2D eigenvalue weighted by molar-refractivity contribution is 0.0679. The molecule has 0 bridgehead atoms. The van der Waals surface area contributed by atoms with Crippen molar-refractivity contribution in [2.24, 2.45) is 0 Å². The summed E-state index contributed by atoms with van der Waals surface area (Å²) in [5.74, 6) is 0. The molecule has 1 aromatic rings. The summed E-state index contributed by atoms with van der Waals surface area (Å²) in [5, 5.41) is 9.49. The molecule has 0 fully saturated rings. The number of alkyl halides is 2. The second kappa shape index (κ2) is 3.33. The monoisotopic (exact) mass is 187 g/mol. The molecule has 0 aliphatic rings. The molecule has 1 heterocycles. The first kappa shape index (κ1) is 9.98. The largest absolute Gasteiger partial charge is 0.386 e. The molecule has 1 radical (unpaired) electrons. The van der Waals surface area contributed by atoms with E-state index in [4.69, 9.17) is 0 Å². The maximum atomic E-state index is 12.3. The van der Waals surface area contributed by atoms with Crippen molar-refractivity contribution in [3.05, 3.63) is 23.8 Å². The first-order chi connectivity index (χ1) is 5.93. The maximum Gasteiger partial charge on any atom is 0.280 e. The average Bonchev–Trinajstić information content (AvgIpc) is 2.03. The molecule has 0 atom stereocenters. The number of halogens is 2. The van der Waals surface area contributed by atoms with Crippen molar-refractivity contribution in [1.82, 2.24) is 9.97 Å². The Bertz CT molecular complexity index is 296. The molecule has 0 aliphatic heterocycles. The SMILES string of the molecule is CC(C)(O)c1cn[c]nc1C(F)F. The fraction of sp³-hybridized carbons (Fsp3) is 0.500. The lowest BCUT2D eigenvalue weighted by atomic mass is 9.98. The summed E-state index contributed by atoms with van der Waals surface area (Å²) in [6.45, 7) is 2.80. The minimum Gasteiger partial charge on any atom is -0.386 e. The van der Waals surface area contributed by atoms with E-state index < -0.39 is 17.7 Å². The zero-order valence-electron chi connectivity index (χ0n) is 7.25. The fourth-order valence-electron chi connectivity index (χ4n) is 0.940. The highest BCUT2D eigenvalue weighted by atomic mass is 19.3. The highest BCUT2D eigenvalue weighted by molar-refractivity contribution is 5.22. The van der Waals surface area contributed by atoms with Crippen LogP contribution in [0.4, 0.5) is 8.78 Å². The Morgan fingerprint density at radius 1 is 1.54 bits per heavy atom. The zero-order chi connectivity index (χ0) is 10.1. The molecular formula is C8H9F2N2O. The van der Waals surface area contributed by atoms with E-state index in [1.54, 1.807) is 0 Å². The molecule has 1 aromatic heterocycles. The topological polar surface area (TPSA) is 46.0 Å². The number of hydrogen-bond donors (Lipinski definition) is 1. The molecule has 0 saturated heterocycles. The van der Waals surface area contributed by atoms with E-state index in [2.05, 4.69) is 16.3 Å². The van der Waals surface area contributed by atoms with Gasteiger partial charge in [-0.1, -0.05) is 0 Å². The van der Waals surface area contributed by atoms with E-state index in [0.29, 0.717) is 0 Å². The summed E-state index contributed by atoms with van der Waals surface area (Å²) in [5.41, 5.74) is -1.80. The van der Waals surface area contributed by atoms with Crippen LogP contribution in [0.25, 0.3) is 0 Å². The van der Waals surface area contributed by atoms with Gasteiger partial charge in [0.15, 0.2) is 6.33 Å². The van der Waals surface area contributed by atoms with Crippen LogP contribution >= 0.6 is 0 Å². The summed E-state index contributed by atoms with van der Waals surface area (Å²) in [6.07, 6.45) is 0.489. The summed E-state index contributed by atoms with van der Waals surface area (Å²) >= 11 is 0. The van der Waals surface area contributed by atoms with Crippen LogP contribution in [0.2, 0.25) is 0 Å². The lowest BCUT2D eigenvalue weighted by Crippen LogP contribution is -2.19. The van der Waals surface area contributed by atoms with E-state index in [1.807, 2.05) is 0 Å². The van der Waals surface area contributed by atoms with E-state index in [1.165, 1.54) is 13.8 Å². The van der Waals surface area contributed by atoms with Crippen LogP contribution in [-0.4, -0.2) is 15.1 Å². The molecule has 3 nitrogen and oxygen atoms in total. The van der Waals surface area contributed by atoms with Gasteiger partial charge in [0.25, 0.3) is 6.43 Å². The van der Waals surface area contributed by atoms with Gasteiger partial charge >= 0.3 is 0 Å². The highest BCUT2D eigenvalue weighted by Crippen LogP contribution is 2.27. The summed E-state index contributed by atoms with van der Waals surface area (Å²) in [6, 6.07) is 0. The fourth-order valence-corrected chi connectivity index (χ4v) is 0.940. The van der Waals surface area contributed by atoms with Gasteiger partial charge in [-0.25, -0.2) is 18.7 Å². The Kier molecular flexibility index (Phi) is 2.56. The Hall–Kier alpha value is -1.10. The predicted octanol–water partition coefficient (Wildman–Crippen LogP) is 1.44. The van der Waals surface area contributed by atoms with Gasteiger partial charge in [-0.2, -0.15) is 0 Å². The first-order valence-corrected chi connectivity index (χ1v) is 3.67. The highest BCUT2D eigenvalue weighted by Gasteiger charge is 2.25. The molecular weight excluding hydrogens is 178 g/mol. The Labute approximate surface area is 74.5 Å². The van der Waals surface area contributed by atoms with Gasteiger partial charge in [-0.15, -0.1) is 0 Å². The summed E-state index contributed by atoms with van der Waals surface area (Å²) in [7, 11) is 0. The third kappa shape index (κ3) is 2.18. The second-order valence-electron chi connectivity index (χ2n) is 3.13. The van der Waals surface area contributed by atoms with Gasteiger partial charge in [0.2, 0.25) is 0 Å². The molecule has 0 amide bonds. The van der Waals surface area contributed by atoms with Crippen LogP contribution in [0.15, 0.2) is 6.20 Å². The van der Waals surface area contributed by atoms with E-state index in [0.717, 1.165) is 6.20 Å². The second-order valence-corrected chi connectivity index (χ2v) is 3.13. The van der Waals surface area contributed by atoms with Crippen molar-refractivity contribution in [1.29, 1.82) is 0 Å². The number of rotatable bonds is 2. The van der Waals surface area contributed by atoms with Crippen molar-refractivity contribution in [3.8, 4) is 0 Å². The van der Waals surface area contributed by atoms with Crippen LogP contribution in [0, 0.1) is 6.33 Å². The Balaban J connectivity index is 3.20. The zero-order valence-corrected chi connectivity index (χ0v) is 7.25. The lowest BCUT2D eigenvalue weighted by Gasteiger charge is -2.19. The van der Waals surface area contributed by atoms with Crippen LogP contribution in [0.1, 0.15) is 31.5 Å². The van der Waals surface area contributed by atoms with E-state index in [9.17, 15) is 13.9 Å². The van der Waals surface area contributed by atoms with Gasteiger partial charge in [-0.05, 0) is 13.8 Å². The van der Waals surface area contributed by atoms with Crippen molar-refractivity contribution < 1.29 is 13.9 Å². The van der Waals surface area contributed by atoms with Crippen LogP contribution in [0.5, 0.6) is 0 Å². The van der Waals surface area contributed by atoms with Gasteiger partial charge in [0.1, 0.15) is 5.69 Å². The van der Waals surface area contributed by atoms with Crippen molar-refractivity contribution >= 4 is 0 Å². The predicted molar refractivity (Wildman–Crippen MR) is 41.1 cm³/mol. The minimum absolute atomic E-state index is 0.0289. The van der Waals surface area contributed by atoms with Gasteiger partial charge in [-0.3, -0.25) is 0 Å². The molecule has 0 unspecified atom stereocenters. The molecule has 0 aromatic carbocycles. The van der Waals surface area contributed by atoms with Gasteiger partial charge < -0.3 is 5.11 Å². The molecule has 13 heavy (non-hydrogen) atoms. The number of aliphatic hydroxyl groups is 1. The molecule has 0 saturated carbocycles. The smallest absolute Gasteiger partial charge is 0.280 e. The molecule has 1 N–H and O–H groups in total. The van der Waals surface area contributed by atoms with Gasteiger partial charge in [0.05, 0.1) is 5.60 Å². The third-order valence-electron chi connectivity index (χ3n) is 1.56. The summed E-state index contributed by atoms with van der Waals surface area (Å²) in [4.78, 5) is 6.76. The normalized spacial score (nSPS) is 12.2.